The molecule has 0 unspecified atom stereocenters. The summed E-state index contributed by atoms with van der Waals surface area (Å²) in [6.07, 6.45) is 3.79. The number of aromatic carboxylic acids is 1. The number of hydrogen-bond acceptors (Lipinski definition) is 8. The summed E-state index contributed by atoms with van der Waals surface area (Å²) in [6, 6.07) is 0. The Balaban J connectivity index is 1.64. The zero-order chi connectivity index (χ0) is 13.9. The molecule has 0 atom stereocenters. The number of anilines is 1. The first-order chi connectivity index (χ1) is 9.74. The van der Waals surface area contributed by atoms with Gasteiger partial charge in [-0.2, -0.15) is 4.52 Å². The van der Waals surface area contributed by atoms with E-state index in [4.69, 9.17) is 5.11 Å². The molecule has 0 aliphatic rings. The third-order valence-corrected chi connectivity index (χ3v) is 3.43. The lowest BCUT2D eigenvalue weighted by molar-refractivity contribution is 0.0691. The minimum absolute atomic E-state index is 0.0780. The smallest absolute Gasteiger partial charge is 0.355 e. The fourth-order valence-corrected chi connectivity index (χ4v) is 2.39. The number of carboxylic acids is 1. The fraction of sp³-hybridized carbons (Fsp3) is 0.200. The van der Waals surface area contributed by atoms with Crippen LogP contribution in [0, 0.1) is 0 Å². The molecule has 0 radical (unpaired) electrons. The van der Waals surface area contributed by atoms with Crippen molar-refractivity contribution in [2.24, 2.45) is 0 Å². The van der Waals surface area contributed by atoms with Crippen LogP contribution in [0.1, 0.15) is 15.5 Å². The highest BCUT2D eigenvalue weighted by molar-refractivity contribution is 7.09. The molecule has 0 aliphatic heterocycles. The number of rotatable bonds is 5. The molecule has 9 nitrogen and oxygen atoms in total. The lowest BCUT2D eigenvalue weighted by Gasteiger charge is -2.04. The van der Waals surface area contributed by atoms with Gasteiger partial charge in [-0.05, 0) is 10.4 Å². The number of tetrazole rings is 1. The molecule has 2 N–H and O–H groups in total. The number of nitrogens with zero attached hydrogens (tertiary/aromatic N) is 6. The van der Waals surface area contributed by atoms with Crippen molar-refractivity contribution in [3.8, 4) is 0 Å². The minimum atomic E-state index is -1.01. The second-order valence-electron chi connectivity index (χ2n) is 3.85. The highest BCUT2D eigenvalue weighted by Gasteiger charge is 2.08. The van der Waals surface area contributed by atoms with Crippen LogP contribution in [0.3, 0.4) is 0 Å². The maximum absolute atomic E-state index is 10.7. The fourth-order valence-electron chi connectivity index (χ4n) is 1.62. The van der Waals surface area contributed by atoms with Crippen LogP contribution in [0.15, 0.2) is 17.8 Å². The zero-order valence-corrected chi connectivity index (χ0v) is 10.9. The van der Waals surface area contributed by atoms with Crippen molar-refractivity contribution in [3.63, 3.8) is 0 Å². The van der Waals surface area contributed by atoms with Gasteiger partial charge in [-0.3, -0.25) is 4.98 Å². The quantitative estimate of drug-likeness (QED) is 0.690. The van der Waals surface area contributed by atoms with Crippen LogP contribution in [-0.4, -0.2) is 47.6 Å². The van der Waals surface area contributed by atoms with Crippen molar-refractivity contribution in [1.82, 2.24) is 30.0 Å². The number of aromatic nitrogens is 6. The van der Waals surface area contributed by atoms with E-state index >= 15 is 0 Å². The van der Waals surface area contributed by atoms with Gasteiger partial charge in [0.15, 0.2) is 11.3 Å². The first-order valence-corrected chi connectivity index (χ1v) is 6.55. The van der Waals surface area contributed by atoms with Crippen molar-refractivity contribution >= 4 is 28.8 Å². The van der Waals surface area contributed by atoms with E-state index in [-0.39, 0.29) is 5.69 Å². The average Bonchev–Trinajstić information content (AvgIpc) is 3.07. The Morgan fingerprint density at radius 2 is 2.35 bits per heavy atom. The summed E-state index contributed by atoms with van der Waals surface area (Å²) in [6.45, 7) is 0.577. The van der Waals surface area contributed by atoms with Crippen LogP contribution >= 0.6 is 11.3 Å². The van der Waals surface area contributed by atoms with Crippen LogP contribution in [0.2, 0.25) is 0 Å². The molecule has 10 heteroatoms. The molecule has 20 heavy (non-hydrogen) atoms. The summed E-state index contributed by atoms with van der Waals surface area (Å²) in [4.78, 5) is 18.8. The van der Waals surface area contributed by atoms with E-state index in [0.29, 0.717) is 24.4 Å². The first-order valence-electron chi connectivity index (χ1n) is 5.68. The summed E-state index contributed by atoms with van der Waals surface area (Å²) in [5.74, 6) is -0.342. The Labute approximate surface area is 116 Å². The van der Waals surface area contributed by atoms with Crippen LogP contribution < -0.4 is 5.32 Å². The summed E-state index contributed by atoms with van der Waals surface area (Å²) >= 11 is 1.32. The molecular weight excluding hydrogens is 282 g/mol. The van der Waals surface area contributed by atoms with E-state index in [2.05, 4.69) is 30.8 Å². The minimum Gasteiger partial charge on any atom is -0.476 e. The molecule has 0 aromatic carbocycles. The molecule has 3 rings (SSSR count). The van der Waals surface area contributed by atoms with E-state index in [0.717, 1.165) is 5.01 Å². The van der Waals surface area contributed by atoms with Crippen LogP contribution in [0.5, 0.6) is 0 Å². The Morgan fingerprint density at radius 1 is 1.45 bits per heavy atom. The van der Waals surface area contributed by atoms with Gasteiger partial charge in [-0.1, -0.05) is 0 Å². The van der Waals surface area contributed by atoms with E-state index in [9.17, 15) is 4.79 Å². The summed E-state index contributed by atoms with van der Waals surface area (Å²) in [5, 5.41) is 25.4. The van der Waals surface area contributed by atoms with Gasteiger partial charge in [0.25, 0.3) is 0 Å². The molecular formula is C10H9N7O2S. The molecule has 0 bridgehead atoms. The number of thiazole rings is 1. The molecule has 0 amide bonds. The number of fused-ring (bicyclic) bond motifs is 1. The molecule has 3 aromatic heterocycles. The van der Waals surface area contributed by atoms with Gasteiger partial charge < -0.3 is 10.4 Å². The third-order valence-electron chi connectivity index (χ3n) is 2.52. The Kier molecular flexibility index (Phi) is 3.21. The average molecular weight is 291 g/mol. The predicted octanol–water partition coefficient (Wildman–Crippen LogP) is 0.329. The van der Waals surface area contributed by atoms with Crippen molar-refractivity contribution in [1.29, 1.82) is 0 Å². The van der Waals surface area contributed by atoms with Gasteiger partial charge in [0.05, 0.1) is 17.4 Å². The lowest BCUT2D eigenvalue weighted by Crippen LogP contribution is -2.09. The predicted molar refractivity (Wildman–Crippen MR) is 69.8 cm³/mol. The van der Waals surface area contributed by atoms with Gasteiger partial charge in [0, 0.05) is 18.3 Å². The molecule has 102 valence electrons. The summed E-state index contributed by atoms with van der Waals surface area (Å²) in [5.41, 5.74) is 0.631. The SMILES string of the molecule is O=C(O)c1csc(CCNc2cncc3nnnn23)n1. The van der Waals surface area contributed by atoms with E-state index in [1.807, 2.05) is 0 Å². The highest BCUT2D eigenvalue weighted by Crippen LogP contribution is 2.11. The number of nitrogens with one attached hydrogen (secondary N) is 1. The maximum Gasteiger partial charge on any atom is 0.355 e. The number of carbonyl (C=O) groups is 1. The van der Waals surface area contributed by atoms with Crippen molar-refractivity contribution < 1.29 is 9.90 Å². The van der Waals surface area contributed by atoms with Crippen LogP contribution in [0.4, 0.5) is 5.82 Å². The molecule has 3 heterocycles. The van der Waals surface area contributed by atoms with Crippen molar-refractivity contribution in [2.75, 3.05) is 11.9 Å². The molecule has 3 aromatic rings. The molecule has 0 saturated carbocycles. The molecule has 0 spiro atoms. The van der Waals surface area contributed by atoms with Crippen molar-refractivity contribution in [2.45, 2.75) is 6.42 Å². The van der Waals surface area contributed by atoms with Gasteiger partial charge >= 0.3 is 5.97 Å². The van der Waals surface area contributed by atoms with Gasteiger partial charge in [0.1, 0.15) is 5.82 Å². The van der Waals surface area contributed by atoms with Crippen LogP contribution in [-0.2, 0) is 6.42 Å². The third kappa shape index (κ3) is 2.40. The Bertz CT molecular complexity index is 753. The lowest BCUT2D eigenvalue weighted by atomic mass is 10.4. The molecule has 0 aliphatic carbocycles. The monoisotopic (exact) mass is 291 g/mol. The second kappa shape index (κ2) is 5.17. The number of carboxylic acid groups (broad SMARTS) is 1. The second-order valence-corrected chi connectivity index (χ2v) is 4.79. The van der Waals surface area contributed by atoms with Crippen molar-refractivity contribution in [3.05, 3.63) is 28.5 Å². The van der Waals surface area contributed by atoms with Gasteiger partial charge in [0.2, 0.25) is 0 Å². The summed E-state index contributed by atoms with van der Waals surface area (Å²) in [7, 11) is 0. The zero-order valence-electron chi connectivity index (χ0n) is 10.1. The Morgan fingerprint density at radius 3 is 3.15 bits per heavy atom. The highest BCUT2D eigenvalue weighted by atomic mass is 32.1. The van der Waals surface area contributed by atoms with E-state index in [1.165, 1.54) is 21.2 Å². The topological polar surface area (TPSA) is 118 Å². The van der Waals surface area contributed by atoms with Gasteiger partial charge in [-0.25, -0.2) is 9.78 Å². The normalized spacial score (nSPS) is 10.8. The standard InChI is InChI=1S/C10H9N7O2S/c18-10(19)6-5-20-9(13-6)1-2-12-7-3-11-4-8-14-15-16-17(7)8/h3-5,12H,1-2H2,(H,18,19). The van der Waals surface area contributed by atoms with Gasteiger partial charge in [-0.15, -0.1) is 16.4 Å². The number of hydrogen-bond donors (Lipinski definition) is 2. The maximum atomic E-state index is 10.7. The molecule has 0 saturated heterocycles. The largest absolute Gasteiger partial charge is 0.476 e. The molecule has 0 fully saturated rings. The first kappa shape index (κ1) is 12.4. The van der Waals surface area contributed by atoms with E-state index in [1.54, 1.807) is 12.4 Å². The Hall–Kier alpha value is -2.62. The van der Waals surface area contributed by atoms with Crippen LogP contribution in [0.25, 0.3) is 5.65 Å². The summed E-state index contributed by atoms with van der Waals surface area (Å²) < 4.78 is 1.54. The van der Waals surface area contributed by atoms with E-state index < -0.39 is 5.97 Å².